The zero-order chi connectivity index (χ0) is 60.7. The molecule has 0 aliphatic carbocycles. The third-order valence-electron chi connectivity index (χ3n) is 14.0. The van der Waals surface area contributed by atoms with Crippen LogP contribution in [0.5, 0.6) is 0 Å². The van der Waals surface area contributed by atoms with E-state index < -0.39 is 18.3 Å². The van der Waals surface area contributed by atoms with Crippen LogP contribution in [0, 0.1) is 19.7 Å². The molecule has 0 bridgehead atoms. The molecule has 2 amide bonds. The molecule has 6 aromatic heterocycles. The Bertz CT molecular complexity index is 3270. The second-order valence-corrected chi connectivity index (χ2v) is 24.0. The Morgan fingerprint density at radius 3 is 1.26 bits per heavy atom. The molecule has 21 nitrogen and oxygen atoms in total. The van der Waals surface area contributed by atoms with Gasteiger partial charge in [0.15, 0.2) is 0 Å². The van der Waals surface area contributed by atoms with Crippen LogP contribution in [0.4, 0.5) is 44.1 Å². The van der Waals surface area contributed by atoms with Gasteiger partial charge in [0.05, 0.1) is 46.9 Å². The predicted molar refractivity (Wildman–Crippen MR) is 331 cm³/mol. The lowest BCUT2D eigenvalue weighted by Gasteiger charge is -2.36. The molecule has 10 heterocycles. The predicted octanol–water partition coefficient (Wildman–Crippen LogP) is 10.7. The molecule has 0 atom stereocenters. The molecule has 438 valence electrons. The average molecular weight is 1200 g/mol. The zero-order valence-corrected chi connectivity index (χ0v) is 51.1. The third-order valence-corrected chi connectivity index (χ3v) is 14.4. The van der Waals surface area contributed by atoms with Gasteiger partial charge in [0.25, 0.3) is 17.5 Å². The summed E-state index contributed by atoms with van der Waals surface area (Å²) in [6.45, 7) is 49.7. The van der Waals surface area contributed by atoms with Gasteiger partial charge in [0, 0.05) is 129 Å². The lowest BCUT2D eigenvalue weighted by Crippen LogP contribution is -2.50. The first kappa shape index (κ1) is 63.3. The average Bonchev–Trinajstić information content (AvgIpc) is 3.27. The Balaban J connectivity index is 0.000000163. The number of anilines is 3. The van der Waals surface area contributed by atoms with E-state index in [9.17, 15) is 9.59 Å². The van der Waals surface area contributed by atoms with Crippen LogP contribution in [0.15, 0.2) is 115 Å². The quantitative estimate of drug-likeness (QED) is 0.122. The van der Waals surface area contributed by atoms with Crippen LogP contribution in [-0.4, -0.2) is 160 Å². The molecular formula is C61H73BBrN15O6. The van der Waals surface area contributed by atoms with Crippen LogP contribution in [0.25, 0.3) is 36.8 Å². The maximum Gasteiger partial charge on any atom is 0.498 e. The first-order valence-electron chi connectivity index (χ1n) is 27.7. The van der Waals surface area contributed by atoms with Crippen molar-refractivity contribution in [1.29, 1.82) is 0 Å². The minimum Gasteiger partial charge on any atom is -0.444 e. The molecule has 4 fully saturated rings. The number of nitrogens with zero attached hydrogens (tertiary/aromatic N) is 14. The maximum atomic E-state index is 12.2. The van der Waals surface area contributed by atoms with Gasteiger partial charge in [-0.15, -0.1) is 15.0 Å². The number of halogens is 1. The molecule has 4 aliphatic rings. The van der Waals surface area contributed by atoms with E-state index in [2.05, 4.69) is 92.5 Å². The molecule has 10 rings (SSSR count). The van der Waals surface area contributed by atoms with Gasteiger partial charge in [0.1, 0.15) is 29.8 Å². The number of rotatable bonds is 6. The number of piperazine rings is 3. The van der Waals surface area contributed by atoms with Crippen LogP contribution < -0.4 is 25.5 Å². The van der Waals surface area contributed by atoms with E-state index in [1.54, 1.807) is 59.0 Å². The monoisotopic (exact) mass is 1200 g/mol. The number of ether oxygens (including phenoxy) is 2. The van der Waals surface area contributed by atoms with Crippen molar-refractivity contribution in [1.82, 2.24) is 45.0 Å². The Hall–Kier alpha value is -8.27. The van der Waals surface area contributed by atoms with Gasteiger partial charge >= 0.3 is 19.3 Å². The standard InChI is InChI=1S/C20H23N5O2.C15H15N5.C14H20BrN3O2.C12H15BN2O2/c1-20(2,3)27-19(26)25-9-7-24(8-10-25)17-11-16(12-22-14-17)15-5-6-18(21-4)23-13-15;1-16-15-3-2-12(10-19-15)13-8-14(11-18-9-13)20-6-4-17-5-7-20;1-14(2,3)20-13(19)18-6-4-17(5-7-18)12-8-11(15)9-16-10-12;1-11(2)12(3,4)17-13(16-11)9-6-7-10(14-5)15-8-9/h5-6,11-14H,7-10H2,1-3H3;2-3,8-11,17H,4-7H2;8-10H,4-7H2,1-3H3;6-8H,1-4H3. The molecule has 1 N–H and O–H groups in total. The molecule has 4 saturated heterocycles. The van der Waals surface area contributed by atoms with Gasteiger partial charge < -0.3 is 63.1 Å². The van der Waals surface area contributed by atoms with E-state index in [0.29, 0.717) is 43.6 Å². The van der Waals surface area contributed by atoms with Crippen molar-refractivity contribution in [2.24, 2.45) is 0 Å². The molecule has 84 heavy (non-hydrogen) atoms. The van der Waals surface area contributed by atoms with Gasteiger partial charge in [-0.3, -0.25) is 15.0 Å². The van der Waals surface area contributed by atoms with E-state index in [1.807, 2.05) is 118 Å². The fourth-order valence-electron chi connectivity index (χ4n) is 8.79. The van der Waals surface area contributed by atoms with Crippen molar-refractivity contribution in [3.8, 4) is 22.3 Å². The highest BCUT2D eigenvalue weighted by Crippen LogP contribution is 2.36. The molecule has 0 aromatic carbocycles. The number of hydrogen-bond acceptors (Lipinski definition) is 16. The van der Waals surface area contributed by atoms with Crippen molar-refractivity contribution in [2.75, 3.05) is 93.2 Å². The summed E-state index contributed by atoms with van der Waals surface area (Å²) in [7, 11) is -0.410. The Morgan fingerprint density at radius 2 is 0.905 bits per heavy atom. The summed E-state index contributed by atoms with van der Waals surface area (Å²) >= 11 is 3.42. The molecule has 0 radical (unpaired) electrons. The Kier molecular flexibility index (Phi) is 21.4. The summed E-state index contributed by atoms with van der Waals surface area (Å²) in [5.74, 6) is 1.17. The Labute approximate surface area is 502 Å². The minimum atomic E-state index is -0.483. The zero-order valence-electron chi connectivity index (χ0n) is 49.5. The molecule has 4 aliphatic heterocycles. The van der Waals surface area contributed by atoms with Crippen LogP contribution in [0.3, 0.4) is 0 Å². The van der Waals surface area contributed by atoms with Crippen molar-refractivity contribution in [3.63, 3.8) is 0 Å². The smallest absolute Gasteiger partial charge is 0.444 e. The van der Waals surface area contributed by atoms with Crippen molar-refractivity contribution < 1.29 is 28.4 Å². The number of pyridine rings is 6. The summed E-state index contributed by atoms with van der Waals surface area (Å²) in [4.78, 5) is 69.4. The molecular weight excluding hydrogens is 1130 g/mol. The number of hydrogen-bond donors (Lipinski definition) is 1. The largest absolute Gasteiger partial charge is 0.498 e. The number of nitrogens with one attached hydrogen (secondary N) is 1. The van der Waals surface area contributed by atoms with Gasteiger partial charge in [-0.25, -0.2) is 9.59 Å². The first-order chi connectivity index (χ1) is 39.9. The fraction of sp³-hybridized carbons (Fsp3) is 0.426. The SMILES string of the molecule is CC(C)(C)OC(=O)N1CCN(c2cncc(Br)c2)CC1.[C-]#[N+]c1ccc(-c2cncc(N3CCN(C(=O)OC(C)(C)C)CC3)c2)cn1.[C-]#[N+]c1ccc(-c2cncc(N3CCNCC3)c2)cn1.[C-]#[N+]c1ccc(B2OC(C)(C)C(C)(C)O2)cn1. The van der Waals surface area contributed by atoms with E-state index in [0.717, 1.165) is 102 Å². The molecule has 0 saturated carbocycles. The van der Waals surface area contributed by atoms with Crippen molar-refractivity contribution >= 4 is 75.2 Å². The second-order valence-electron chi connectivity index (χ2n) is 23.1. The highest BCUT2D eigenvalue weighted by Gasteiger charge is 2.52. The van der Waals surface area contributed by atoms with Gasteiger partial charge in [-0.05, 0) is 122 Å². The normalized spacial score (nSPS) is 16.4. The summed E-state index contributed by atoms with van der Waals surface area (Å²) in [6.07, 6.45) is 15.5. The lowest BCUT2D eigenvalue weighted by atomic mass is 9.80. The lowest BCUT2D eigenvalue weighted by molar-refractivity contribution is 0.00578. The van der Waals surface area contributed by atoms with Crippen LogP contribution in [0.2, 0.25) is 0 Å². The van der Waals surface area contributed by atoms with E-state index in [1.165, 1.54) is 0 Å². The van der Waals surface area contributed by atoms with Crippen LogP contribution >= 0.6 is 15.9 Å². The number of carbonyl (C=O) groups is 2. The molecule has 0 spiro atoms. The second kappa shape index (κ2) is 28.3. The van der Waals surface area contributed by atoms with Crippen molar-refractivity contribution in [3.05, 3.63) is 149 Å². The first-order valence-corrected chi connectivity index (χ1v) is 28.5. The summed E-state index contributed by atoms with van der Waals surface area (Å²) in [6, 6.07) is 17.0. The highest BCUT2D eigenvalue weighted by molar-refractivity contribution is 9.10. The summed E-state index contributed by atoms with van der Waals surface area (Å²) in [5, 5.41) is 3.34. The number of carbonyl (C=O) groups excluding carboxylic acids is 2. The Morgan fingerprint density at radius 1 is 0.524 bits per heavy atom. The summed E-state index contributed by atoms with van der Waals surface area (Å²) in [5.41, 5.74) is 6.32. The topological polar surface area (TPSA) is 190 Å². The molecule has 6 aromatic rings. The van der Waals surface area contributed by atoms with Gasteiger partial charge in [-0.2, -0.15) is 0 Å². The third kappa shape index (κ3) is 18.1. The fourth-order valence-corrected chi connectivity index (χ4v) is 9.14. The van der Waals surface area contributed by atoms with E-state index >= 15 is 0 Å². The van der Waals surface area contributed by atoms with Crippen LogP contribution in [0.1, 0.15) is 69.2 Å². The number of amides is 2. The number of aromatic nitrogens is 6. The van der Waals surface area contributed by atoms with Gasteiger partial charge in [0.2, 0.25) is 0 Å². The maximum absolute atomic E-state index is 12.2. The highest BCUT2D eigenvalue weighted by atomic mass is 79.9. The molecule has 23 heteroatoms. The van der Waals surface area contributed by atoms with Crippen molar-refractivity contribution in [2.45, 2.75) is 91.6 Å². The van der Waals surface area contributed by atoms with E-state index in [-0.39, 0.29) is 23.4 Å². The van der Waals surface area contributed by atoms with Crippen LogP contribution in [-0.2, 0) is 18.8 Å². The van der Waals surface area contributed by atoms with E-state index in [4.69, 9.17) is 38.5 Å². The van der Waals surface area contributed by atoms with Gasteiger partial charge in [-0.1, -0.05) is 37.9 Å². The minimum absolute atomic E-state index is 0.232. The summed E-state index contributed by atoms with van der Waals surface area (Å²) < 4.78 is 23.6. The molecule has 0 unspecified atom stereocenters.